The smallest absolute Gasteiger partial charge is 0.247 e. The van der Waals surface area contributed by atoms with Crippen molar-refractivity contribution < 1.29 is 23.5 Å². The first kappa shape index (κ1) is 30.6. The molecule has 8 heteroatoms. The number of carbonyl (C=O) groups is 2. The number of halogens is 2. The molecule has 41 heavy (non-hydrogen) atoms. The number of hydrogen-bond acceptors (Lipinski definition) is 4. The third-order valence-electron chi connectivity index (χ3n) is 8.45. The highest BCUT2D eigenvalue weighted by atomic mass is 19.1. The van der Waals surface area contributed by atoms with Crippen molar-refractivity contribution in [1.82, 2.24) is 10.6 Å². The normalized spacial score (nSPS) is 20.7. The van der Waals surface area contributed by atoms with Gasteiger partial charge in [-0.15, -0.1) is 0 Å². The van der Waals surface area contributed by atoms with Crippen molar-refractivity contribution in [2.75, 3.05) is 6.54 Å². The van der Waals surface area contributed by atoms with Crippen LogP contribution in [0.4, 0.5) is 8.78 Å². The van der Waals surface area contributed by atoms with Crippen molar-refractivity contribution in [3.05, 3.63) is 94.1 Å². The molecule has 0 bridgehead atoms. The number of aryl methyl sites for hydroxylation is 1. The number of aliphatic hydroxyl groups is 1. The second kappa shape index (κ2) is 13.5. The molecular formula is C33H41F2N3O3. The summed E-state index contributed by atoms with van der Waals surface area (Å²) in [4.78, 5) is 26.4. The summed E-state index contributed by atoms with van der Waals surface area (Å²) < 4.78 is 28.0. The lowest BCUT2D eigenvalue weighted by molar-refractivity contribution is -0.128. The van der Waals surface area contributed by atoms with Crippen LogP contribution in [0.3, 0.4) is 0 Å². The molecule has 2 aromatic carbocycles. The van der Waals surface area contributed by atoms with Crippen LogP contribution < -0.4 is 16.4 Å². The summed E-state index contributed by atoms with van der Waals surface area (Å²) in [6.07, 6.45) is 7.49. The van der Waals surface area contributed by atoms with Gasteiger partial charge in [-0.1, -0.05) is 61.8 Å². The molecule has 2 amide bonds. The molecule has 3 atom stereocenters. The first-order chi connectivity index (χ1) is 19.6. The minimum atomic E-state index is -1.06. The first-order valence-corrected chi connectivity index (χ1v) is 14.5. The Hall–Kier alpha value is -3.36. The predicted octanol–water partition coefficient (Wildman–Crippen LogP) is 4.64. The third kappa shape index (κ3) is 7.68. The number of hydrogen-bond donors (Lipinski definition) is 4. The van der Waals surface area contributed by atoms with Crippen molar-refractivity contribution in [2.24, 2.45) is 17.1 Å². The van der Waals surface area contributed by atoms with Gasteiger partial charge in [0.05, 0.1) is 17.6 Å². The van der Waals surface area contributed by atoms with Gasteiger partial charge in [0, 0.05) is 24.7 Å². The summed E-state index contributed by atoms with van der Waals surface area (Å²) in [5, 5.41) is 17.3. The van der Waals surface area contributed by atoms with E-state index >= 15 is 0 Å². The van der Waals surface area contributed by atoms with Gasteiger partial charge in [0.2, 0.25) is 11.8 Å². The largest absolute Gasteiger partial charge is 0.390 e. The number of rotatable bonds is 12. The average molecular weight is 566 g/mol. The van der Waals surface area contributed by atoms with Crippen LogP contribution in [0.5, 0.6) is 0 Å². The summed E-state index contributed by atoms with van der Waals surface area (Å²) in [7, 11) is 0. The van der Waals surface area contributed by atoms with Crippen LogP contribution >= 0.6 is 0 Å². The van der Waals surface area contributed by atoms with Crippen molar-refractivity contribution in [3.8, 4) is 0 Å². The highest BCUT2D eigenvalue weighted by molar-refractivity contribution is 5.97. The number of allylic oxidation sites excluding steroid dienone is 2. The molecule has 0 aromatic heterocycles. The second-order valence-electron chi connectivity index (χ2n) is 11.6. The lowest BCUT2D eigenvalue weighted by atomic mass is 9.66. The molecule has 2 aliphatic carbocycles. The Balaban J connectivity index is 1.51. The van der Waals surface area contributed by atoms with Gasteiger partial charge in [-0.05, 0) is 73.8 Å². The second-order valence-corrected chi connectivity index (χ2v) is 11.6. The van der Waals surface area contributed by atoms with Crippen LogP contribution in [0.25, 0.3) is 0 Å². The first-order valence-electron chi connectivity index (χ1n) is 14.5. The molecule has 1 saturated carbocycles. The van der Waals surface area contributed by atoms with E-state index < -0.39 is 41.0 Å². The minimum Gasteiger partial charge on any atom is -0.390 e. The Morgan fingerprint density at radius 1 is 1.07 bits per heavy atom. The van der Waals surface area contributed by atoms with Crippen molar-refractivity contribution in [2.45, 2.75) is 77.5 Å². The molecule has 1 unspecified atom stereocenters. The monoisotopic (exact) mass is 565 g/mol. The predicted molar refractivity (Wildman–Crippen MR) is 156 cm³/mol. The van der Waals surface area contributed by atoms with E-state index in [1.54, 1.807) is 6.08 Å². The maximum Gasteiger partial charge on any atom is 0.247 e. The Labute approximate surface area is 241 Å². The van der Waals surface area contributed by atoms with Gasteiger partial charge in [-0.2, -0.15) is 0 Å². The van der Waals surface area contributed by atoms with Gasteiger partial charge in [-0.25, -0.2) is 8.78 Å². The highest BCUT2D eigenvalue weighted by Crippen LogP contribution is 2.47. The Morgan fingerprint density at radius 3 is 2.41 bits per heavy atom. The van der Waals surface area contributed by atoms with Crippen LogP contribution in [-0.2, 0) is 29.0 Å². The maximum atomic E-state index is 14.0. The van der Waals surface area contributed by atoms with Gasteiger partial charge >= 0.3 is 0 Å². The molecule has 0 spiro atoms. The van der Waals surface area contributed by atoms with Gasteiger partial charge in [0.1, 0.15) is 11.6 Å². The summed E-state index contributed by atoms with van der Waals surface area (Å²) in [5.74, 6) is -2.26. The van der Waals surface area contributed by atoms with Gasteiger partial charge < -0.3 is 21.5 Å². The third-order valence-corrected chi connectivity index (χ3v) is 8.45. The Kier molecular flexibility index (Phi) is 10.1. The van der Waals surface area contributed by atoms with E-state index in [1.807, 2.05) is 25.1 Å². The number of nitrogens with one attached hydrogen (secondary N) is 2. The van der Waals surface area contributed by atoms with Crippen LogP contribution in [0.15, 0.2) is 65.8 Å². The summed E-state index contributed by atoms with van der Waals surface area (Å²) in [5.41, 5.74) is 8.79. The standard InChI is InChI=1S/C33H41F2N3O3/c1-3-22-7-6-8-23(12-22)19-37-20-30(39)29(15-24-13-27(34)16-28(35)14-24)38-31(40)25-11-21(2)17-33(18-25,32(36)41)26-9-4-5-10-26/h6-8,11-14,16-17,26,29-30,37,39H,3-5,9-10,15,18-20H2,1-2H3,(H2,36,41)(H,38,40)/t29-,30+,33?/m0/s1. The summed E-state index contributed by atoms with van der Waals surface area (Å²) in [6, 6.07) is 10.5. The van der Waals surface area contributed by atoms with Gasteiger partial charge in [-0.3, -0.25) is 9.59 Å². The van der Waals surface area contributed by atoms with Crippen molar-refractivity contribution >= 4 is 11.8 Å². The SMILES string of the molecule is CCc1cccc(CNC[C@@H](O)[C@H](Cc2cc(F)cc(F)c2)NC(=O)C2=CC(C)=CC(C(N)=O)(C3CCCC3)C2)c1. The molecule has 0 aliphatic heterocycles. The van der Waals surface area contributed by atoms with E-state index in [9.17, 15) is 23.5 Å². The Bertz CT molecular complexity index is 1300. The molecule has 0 heterocycles. The minimum absolute atomic E-state index is 0.0142. The van der Waals surface area contributed by atoms with E-state index in [2.05, 4.69) is 29.7 Å². The summed E-state index contributed by atoms with van der Waals surface area (Å²) >= 11 is 0. The molecule has 2 aliphatic rings. The van der Waals surface area contributed by atoms with Crippen molar-refractivity contribution in [3.63, 3.8) is 0 Å². The van der Waals surface area contributed by atoms with Crippen LogP contribution in [0.2, 0.25) is 0 Å². The fourth-order valence-corrected chi connectivity index (χ4v) is 6.34. The number of benzene rings is 2. The summed E-state index contributed by atoms with van der Waals surface area (Å²) in [6.45, 7) is 4.58. The van der Waals surface area contributed by atoms with E-state index in [0.29, 0.717) is 17.7 Å². The Morgan fingerprint density at radius 2 is 1.76 bits per heavy atom. The highest BCUT2D eigenvalue weighted by Gasteiger charge is 2.46. The van der Waals surface area contributed by atoms with E-state index in [0.717, 1.165) is 49.3 Å². The van der Waals surface area contributed by atoms with Crippen LogP contribution in [0.1, 0.15) is 62.6 Å². The molecule has 4 rings (SSSR count). The number of nitrogens with two attached hydrogens (primary N) is 1. The molecule has 5 N–H and O–H groups in total. The van der Waals surface area contributed by atoms with Crippen molar-refractivity contribution in [1.29, 1.82) is 0 Å². The fourth-order valence-electron chi connectivity index (χ4n) is 6.34. The molecule has 2 aromatic rings. The van der Waals surface area contributed by atoms with E-state index in [4.69, 9.17) is 5.73 Å². The number of aliphatic hydroxyl groups excluding tert-OH is 1. The quantitative estimate of drug-likeness (QED) is 0.301. The van der Waals surface area contributed by atoms with E-state index in [-0.39, 0.29) is 25.3 Å². The molecule has 220 valence electrons. The fraction of sp³-hybridized carbons (Fsp3) is 0.455. The lowest BCUT2D eigenvalue weighted by Gasteiger charge is -2.37. The molecule has 6 nitrogen and oxygen atoms in total. The number of primary amides is 1. The molecular weight excluding hydrogens is 524 g/mol. The zero-order valence-electron chi connectivity index (χ0n) is 23.9. The van der Waals surface area contributed by atoms with Crippen LogP contribution in [-0.4, -0.2) is 35.6 Å². The average Bonchev–Trinajstić information content (AvgIpc) is 3.47. The zero-order valence-corrected chi connectivity index (χ0v) is 23.9. The van der Waals surface area contributed by atoms with E-state index in [1.165, 1.54) is 17.7 Å². The topological polar surface area (TPSA) is 104 Å². The maximum absolute atomic E-state index is 14.0. The number of carbonyl (C=O) groups excluding carboxylic acids is 2. The van der Waals surface area contributed by atoms with Crippen LogP contribution in [0, 0.1) is 23.0 Å². The molecule has 0 saturated heterocycles. The lowest BCUT2D eigenvalue weighted by Crippen LogP contribution is -2.50. The van der Waals surface area contributed by atoms with Gasteiger partial charge in [0.25, 0.3) is 0 Å². The molecule has 1 fully saturated rings. The zero-order chi connectivity index (χ0) is 29.6. The molecule has 0 radical (unpaired) electrons. The number of amides is 2. The van der Waals surface area contributed by atoms with Gasteiger partial charge in [0.15, 0.2) is 0 Å².